The van der Waals surface area contributed by atoms with Crippen molar-refractivity contribution in [2.75, 3.05) is 11.9 Å². The fourth-order valence-corrected chi connectivity index (χ4v) is 3.85. The molecule has 1 amide bonds. The van der Waals surface area contributed by atoms with Gasteiger partial charge in [-0.3, -0.25) is 4.79 Å². The van der Waals surface area contributed by atoms with E-state index >= 15 is 0 Å². The smallest absolute Gasteiger partial charge is 0.418 e. The predicted octanol–water partition coefficient (Wildman–Crippen LogP) is 7.10. The topological polar surface area (TPSA) is 55.4 Å². The lowest BCUT2D eigenvalue weighted by Gasteiger charge is -2.14. The molecular weight excluding hydrogens is 498 g/mol. The minimum Gasteiger partial charge on any atom is -0.452 e. The number of carbonyl (C=O) groups excluding carboxylic acids is 2. The molecule has 3 aromatic rings. The van der Waals surface area contributed by atoms with Crippen molar-refractivity contribution in [3.63, 3.8) is 0 Å². The summed E-state index contributed by atoms with van der Waals surface area (Å²) in [6.07, 6.45) is -4.71. The molecule has 0 aliphatic rings. The van der Waals surface area contributed by atoms with Gasteiger partial charge < -0.3 is 10.1 Å². The highest BCUT2D eigenvalue weighted by molar-refractivity contribution is 7.98. The van der Waals surface area contributed by atoms with Gasteiger partial charge in [0.25, 0.3) is 5.91 Å². The third-order valence-corrected chi connectivity index (χ3v) is 5.87. The maximum atomic E-state index is 13.1. The summed E-state index contributed by atoms with van der Waals surface area (Å²) in [6, 6.07) is 17.0. The van der Waals surface area contributed by atoms with Crippen molar-refractivity contribution in [3.05, 3.63) is 93.5 Å². The van der Waals surface area contributed by atoms with Crippen molar-refractivity contribution < 1.29 is 27.5 Å². The number of rotatable bonds is 7. The van der Waals surface area contributed by atoms with Crippen molar-refractivity contribution in [1.82, 2.24) is 0 Å². The van der Waals surface area contributed by atoms with Crippen LogP contribution in [0.3, 0.4) is 0 Å². The summed E-state index contributed by atoms with van der Waals surface area (Å²) in [5.41, 5.74) is -0.394. The molecule has 0 unspecified atom stereocenters. The fourth-order valence-electron chi connectivity index (χ4n) is 2.70. The van der Waals surface area contributed by atoms with Crippen molar-refractivity contribution in [1.29, 1.82) is 0 Å². The first kappa shape index (κ1) is 25.0. The summed E-state index contributed by atoms with van der Waals surface area (Å²) in [7, 11) is 0. The minimum atomic E-state index is -4.71. The zero-order chi connectivity index (χ0) is 24.0. The lowest BCUT2D eigenvalue weighted by atomic mass is 10.1. The molecule has 0 aliphatic heterocycles. The van der Waals surface area contributed by atoms with Crippen LogP contribution < -0.4 is 5.32 Å². The number of benzene rings is 3. The molecule has 0 atom stereocenters. The fraction of sp³-hybridized carbons (Fsp3) is 0.130. The lowest BCUT2D eigenvalue weighted by molar-refractivity contribution is -0.137. The highest BCUT2D eigenvalue weighted by Crippen LogP contribution is 2.36. The van der Waals surface area contributed by atoms with Gasteiger partial charge in [0.15, 0.2) is 6.61 Å². The number of alkyl halides is 3. The Kier molecular flexibility index (Phi) is 8.29. The van der Waals surface area contributed by atoms with E-state index in [9.17, 15) is 22.8 Å². The average molecular weight is 514 g/mol. The van der Waals surface area contributed by atoms with Crippen LogP contribution in [0.2, 0.25) is 10.0 Å². The zero-order valence-corrected chi connectivity index (χ0v) is 19.1. The Morgan fingerprint density at radius 3 is 2.18 bits per heavy atom. The minimum absolute atomic E-state index is 0.123. The Labute approximate surface area is 202 Å². The van der Waals surface area contributed by atoms with E-state index in [-0.39, 0.29) is 10.6 Å². The molecule has 4 nitrogen and oxygen atoms in total. The molecule has 0 saturated carbocycles. The normalized spacial score (nSPS) is 11.2. The molecule has 1 N–H and O–H groups in total. The molecule has 3 aromatic carbocycles. The van der Waals surface area contributed by atoms with Crippen molar-refractivity contribution in [3.8, 4) is 0 Å². The van der Waals surface area contributed by atoms with Crippen LogP contribution in [-0.4, -0.2) is 18.5 Å². The standard InChI is InChI=1S/C23H16Cl2F3NO3S/c24-16-5-8-18(9-6-16)33-13-14-1-3-15(4-2-14)22(31)32-12-21(30)29-20-10-7-17(25)11-19(20)23(26,27)28/h1-11H,12-13H2,(H,29,30). The summed E-state index contributed by atoms with van der Waals surface area (Å²) in [6.45, 7) is -0.743. The maximum absolute atomic E-state index is 13.1. The number of carbonyl (C=O) groups is 2. The van der Waals surface area contributed by atoms with Crippen LogP contribution in [0.5, 0.6) is 0 Å². The van der Waals surface area contributed by atoms with Crippen molar-refractivity contribution in [2.45, 2.75) is 16.8 Å². The Balaban J connectivity index is 1.52. The third kappa shape index (κ3) is 7.42. The Hall–Kier alpha value is -2.68. The zero-order valence-electron chi connectivity index (χ0n) is 16.8. The van der Waals surface area contributed by atoms with Crippen LogP contribution in [0.15, 0.2) is 71.6 Å². The second kappa shape index (κ2) is 11.0. The molecule has 3 rings (SSSR count). The summed E-state index contributed by atoms with van der Waals surface area (Å²) in [5.74, 6) is -1.01. The molecule has 0 spiro atoms. The summed E-state index contributed by atoms with van der Waals surface area (Å²) >= 11 is 13.1. The van der Waals surface area contributed by atoms with Gasteiger partial charge in [-0.1, -0.05) is 35.3 Å². The predicted molar refractivity (Wildman–Crippen MR) is 123 cm³/mol. The number of hydrogen-bond donors (Lipinski definition) is 1. The molecule has 0 saturated heterocycles. The quantitative estimate of drug-likeness (QED) is 0.270. The largest absolute Gasteiger partial charge is 0.452 e. The highest BCUT2D eigenvalue weighted by Gasteiger charge is 2.34. The first-order valence-corrected chi connectivity index (χ1v) is 11.2. The van der Waals surface area contributed by atoms with Crippen molar-refractivity contribution in [2.24, 2.45) is 0 Å². The number of halogens is 5. The van der Waals surface area contributed by atoms with Crippen LogP contribution in [0.25, 0.3) is 0 Å². The molecule has 10 heteroatoms. The van der Waals surface area contributed by atoms with E-state index in [1.54, 1.807) is 48.2 Å². The van der Waals surface area contributed by atoms with Crippen molar-refractivity contribution >= 4 is 52.5 Å². The van der Waals surface area contributed by atoms with E-state index in [1.807, 2.05) is 12.1 Å². The number of ether oxygens (including phenoxy) is 1. The molecule has 0 heterocycles. The molecule has 0 radical (unpaired) electrons. The van der Waals surface area contributed by atoms with Gasteiger partial charge in [-0.15, -0.1) is 11.8 Å². The van der Waals surface area contributed by atoms with Gasteiger partial charge in [0.1, 0.15) is 0 Å². The Morgan fingerprint density at radius 2 is 1.55 bits per heavy atom. The molecule has 172 valence electrons. The first-order chi connectivity index (χ1) is 15.6. The van der Waals surface area contributed by atoms with E-state index in [0.29, 0.717) is 16.8 Å². The van der Waals surface area contributed by atoms with Gasteiger partial charge >= 0.3 is 12.1 Å². The first-order valence-electron chi connectivity index (χ1n) is 9.43. The Bertz CT molecular complexity index is 1140. The maximum Gasteiger partial charge on any atom is 0.418 e. The van der Waals surface area contributed by atoms with Gasteiger partial charge in [-0.05, 0) is 60.2 Å². The number of anilines is 1. The van der Waals surface area contributed by atoms with Crippen LogP contribution in [-0.2, 0) is 21.5 Å². The lowest BCUT2D eigenvalue weighted by Crippen LogP contribution is -2.22. The Morgan fingerprint density at radius 1 is 0.909 bits per heavy atom. The van der Waals surface area contributed by atoms with Crippen LogP contribution in [0, 0.1) is 0 Å². The van der Waals surface area contributed by atoms with Gasteiger partial charge in [0, 0.05) is 20.7 Å². The van der Waals surface area contributed by atoms with E-state index in [0.717, 1.165) is 16.5 Å². The van der Waals surface area contributed by atoms with Gasteiger partial charge in [-0.2, -0.15) is 13.2 Å². The van der Waals surface area contributed by atoms with Crippen LogP contribution >= 0.6 is 35.0 Å². The molecule has 0 aromatic heterocycles. The van der Waals surface area contributed by atoms with Crippen LogP contribution in [0.4, 0.5) is 18.9 Å². The second-order valence-corrected chi connectivity index (χ2v) is 8.67. The number of hydrogen-bond acceptors (Lipinski definition) is 4. The molecule has 0 aliphatic carbocycles. The van der Waals surface area contributed by atoms with Gasteiger partial charge in [0.05, 0.1) is 16.8 Å². The monoisotopic (exact) mass is 513 g/mol. The van der Waals surface area contributed by atoms with Gasteiger partial charge in [-0.25, -0.2) is 4.79 Å². The average Bonchev–Trinajstić information content (AvgIpc) is 2.78. The molecular formula is C23H16Cl2F3NO3S. The summed E-state index contributed by atoms with van der Waals surface area (Å²) in [4.78, 5) is 25.2. The third-order valence-electron chi connectivity index (χ3n) is 4.30. The number of amides is 1. The highest BCUT2D eigenvalue weighted by atomic mass is 35.5. The van der Waals surface area contributed by atoms with Gasteiger partial charge in [0.2, 0.25) is 0 Å². The SMILES string of the molecule is O=C(COC(=O)c1ccc(CSc2ccc(Cl)cc2)cc1)Nc1ccc(Cl)cc1C(F)(F)F. The number of nitrogens with one attached hydrogen (secondary N) is 1. The van der Waals surface area contributed by atoms with E-state index in [1.165, 1.54) is 6.07 Å². The number of esters is 1. The second-order valence-electron chi connectivity index (χ2n) is 6.75. The van der Waals surface area contributed by atoms with E-state index in [4.69, 9.17) is 27.9 Å². The summed E-state index contributed by atoms with van der Waals surface area (Å²) < 4.78 is 44.3. The molecule has 0 fully saturated rings. The van der Waals surface area contributed by atoms with Crippen LogP contribution in [0.1, 0.15) is 21.5 Å². The molecule has 33 heavy (non-hydrogen) atoms. The van der Waals surface area contributed by atoms with E-state index in [2.05, 4.69) is 5.32 Å². The van der Waals surface area contributed by atoms with E-state index < -0.39 is 35.9 Å². The molecule has 0 bridgehead atoms. The number of thioether (sulfide) groups is 1. The summed E-state index contributed by atoms with van der Waals surface area (Å²) in [5, 5.41) is 2.62.